The van der Waals surface area contributed by atoms with Crippen molar-refractivity contribution in [1.29, 1.82) is 0 Å². The van der Waals surface area contributed by atoms with E-state index in [1.54, 1.807) is 6.07 Å². The van der Waals surface area contributed by atoms with Crippen molar-refractivity contribution >= 4 is 15.9 Å². The molecule has 1 aliphatic heterocycles. The molecule has 0 bridgehead atoms. The fraction of sp³-hybridized carbons (Fsp3) is 0.458. The van der Waals surface area contributed by atoms with Gasteiger partial charge in [0.2, 0.25) is 10.0 Å². The zero-order valence-corrected chi connectivity index (χ0v) is 19.4. The summed E-state index contributed by atoms with van der Waals surface area (Å²) in [4.78, 5) is 12.6. The number of rotatable bonds is 8. The van der Waals surface area contributed by atoms with E-state index in [1.807, 2.05) is 50.2 Å². The van der Waals surface area contributed by atoms with Crippen molar-refractivity contribution in [1.82, 2.24) is 9.62 Å². The standard InChI is InChI=1S/C24H32N2O4S/c1-4-5-20-7-9-22(10-8-20)30-17-24(27)25-21-12-14-26(15-13-21)31(28,29)23-11-6-18(2)16-19(23)3/h6-11,16,21H,4-5,12-15,17H2,1-3H3,(H,25,27). The van der Waals surface area contributed by atoms with Gasteiger partial charge in [-0.2, -0.15) is 4.31 Å². The fourth-order valence-electron chi connectivity index (χ4n) is 3.93. The van der Waals surface area contributed by atoms with Gasteiger partial charge >= 0.3 is 0 Å². The van der Waals surface area contributed by atoms with Crippen LogP contribution in [-0.4, -0.2) is 44.4 Å². The number of carbonyl (C=O) groups is 1. The van der Waals surface area contributed by atoms with Gasteiger partial charge in [-0.25, -0.2) is 8.42 Å². The van der Waals surface area contributed by atoms with Gasteiger partial charge in [0.25, 0.3) is 5.91 Å². The second kappa shape index (κ2) is 10.3. The number of nitrogens with one attached hydrogen (secondary N) is 1. The van der Waals surface area contributed by atoms with Crippen molar-refractivity contribution in [2.45, 2.75) is 57.4 Å². The van der Waals surface area contributed by atoms with E-state index in [4.69, 9.17) is 4.74 Å². The van der Waals surface area contributed by atoms with Crippen LogP contribution in [0.1, 0.15) is 42.9 Å². The van der Waals surface area contributed by atoms with E-state index in [2.05, 4.69) is 12.2 Å². The highest BCUT2D eigenvalue weighted by molar-refractivity contribution is 7.89. The van der Waals surface area contributed by atoms with E-state index in [-0.39, 0.29) is 18.6 Å². The Morgan fingerprint density at radius 3 is 2.39 bits per heavy atom. The predicted octanol–water partition coefficient (Wildman–Crippen LogP) is 3.60. The zero-order valence-electron chi connectivity index (χ0n) is 18.6. The first kappa shape index (κ1) is 23.3. The van der Waals surface area contributed by atoms with E-state index < -0.39 is 10.0 Å². The molecule has 1 heterocycles. The number of hydrogen-bond donors (Lipinski definition) is 1. The maximum atomic E-state index is 13.0. The predicted molar refractivity (Wildman–Crippen MR) is 122 cm³/mol. The molecule has 1 aliphatic rings. The minimum absolute atomic E-state index is 0.0474. The topological polar surface area (TPSA) is 75.7 Å². The second-order valence-corrected chi connectivity index (χ2v) is 10.1. The Bertz CT molecular complexity index is 995. The molecule has 7 heteroatoms. The number of piperidine rings is 1. The summed E-state index contributed by atoms with van der Waals surface area (Å²) < 4.78 is 33.1. The summed E-state index contributed by atoms with van der Waals surface area (Å²) in [6.07, 6.45) is 3.29. The third-order valence-electron chi connectivity index (χ3n) is 5.60. The van der Waals surface area contributed by atoms with Gasteiger partial charge in [0.15, 0.2) is 6.61 Å². The average molecular weight is 445 g/mol. The van der Waals surface area contributed by atoms with Crippen molar-refractivity contribution in [2.24, 2.45) is 0 Å². The number of ether oxygens (including phenoxy) is 1. The van der Waals surface area contributed by atoms with Crippen LogP contribution in [-0.2, 0) is 21.2 Å². The first-order valence-electron chi connectivity index (χ1n) is 10.9. The molecule has 0 atom stereocenters. The van der Waals surface area contributed by atoms with Crippen LogP contribution >= 0.6 is 0 Å². The number of carbonyl (C=O) groups excluding carboxylic acids is 1. The van der Waals surface area contributed by atoms with Gasteiger partial charge in [0.1, 0.15) is 5.75 Å². The summed E-state index contributed by atoms with van der Waals surface area (Å²) in [6.45, 7) is 6.64. The highest BCUT2D eigenvalue weighted by Gasteiger charge is 2.30. The number of hydrogen-bond acceptors (Lipinski definition) is 4. The molecule has 0 spiro atoms. The van der Waals surface area contributed by atoms with Gasteiger partial charge < -0.3 is 10.1 Å². The Hall–Kier alpha value is -2.38. The molecule has 1 amide bonds. The van der Waals surface area contributed by atoms with Gasteiger partial charge in [-0.1, -0.05) is 43.2 Å². The van der Waals surface area contributed by atoms with E-state index in [9.17, 15) is 13.2 Å². The first-order chi connectivity index (χ1) is 14.8. The molecule has 1 fully saturated rings. The maximum absolute atomic E-state index is 13.0. The molecule has 0 unspecified atom stereocenters. The molecule has 3 rings (SSSR count). The Balaban J connectivity index is 1.47. The third-order valence-corrected chi connectivity index (χ3v) is 7.66. The summed E-state index contributed by atoms with van der Waals surface area (Å²) in [5.41, 5.74) is 3.05. The Morgan fingerprint density at radius 2 is 1.77 bits per heavy atom. The Kier molecular flexibility index (Phi) is 7.73. The van der Waals surface area contributed by atoms with Crippen LogP contribution < -0.4 is 10.1 Å². The van der Waals surface area contributed by atoms with Gasteiger partial charge in [-0.3, -0.25) is 4.79 Å². The van der Waals surface area contributed by atoms with Crippen LogP contribution in [0.2, 0.25) is 0 Å². The molecule has 2 aromatic carbocycles. The van der Waals surface area contributed by atoms with Crippen molar-refractivity contribution < 1.29 is 17.9 Å². The van der Waals surface area contributed by atoms with Crippen molar-refractivity contribution in [3.05, 3.63) is 59.2 Å². The van der Waals surface area contributed by atoms with Gasteiger partial charge in [0, 0.05) is 19.1 Å². The highest BCUT2D eigenvalue weighted by Crippen LogP contribution is 2.24. The second-order valence-electron chi connectivity index (χ2n) is 8.20. The van der Waals surface area contributed by atoms with E-state index in [1.165, 1.54) is 9.87 Å². The summed E-state index contributed by atoms with van der Waals surface area (Å²) in [7, 11) is -3.52. The average Bonchev–Trinajstić information content (AvgIpc) is 2.73. The molecular formula is C24H32N2O4S. The molecule has 1 saturated heterocycles. The van der Waals surface area contributed by atoms with E-state index in [0.717, 1.165) is 24.0 Å². The lowest BCUT2D eigenvalue weighted by molar-refractivity contribution is -0.124. The SMILES string of the molecule is CCCc1ccc(OCC(=O)NC2CCN(S(=O)(=O)c3ccc(C)cc3C)CC2)cc1. The largest absolute Gasteiger partial charge is 0.484 e. The lowest BCUT2D eigenvalue weighted by Crippen LogP contribution is -2.47. The minimum Gasteiger partial charge on any atom is -0.484 e. The lowest BCUT2D eigenvalue weighted by atomic mass is 10.1. The molecule has 0 aliphatic carbocycles. The van der Waals surface area contributed by atoms with Crippen molar-refractivity contribution in [2.75, 3.05) is 19.7 Å². The fourth-order valence-corrected chi connectivity index (χ4v) is 5.60. The molecule has 0 aromatic heterocycles. The Morgan fingerprint density at radius 1 is 1.10 bits per heavy atom. The number of aryl methyl sites for hydroxylation is 3. The van der Waals surface area contributed by atoms with Crippen molar-refractivity contribution in [3.8, 4) is 5.75 Å². The first-order valence-corrected chi connectivity index (χ1v) is 12.3. The lowest BCUT2D eigenvalue weighted by Gasteiger charge is -2.32. The van der Waals surface area contributed by atoms with Crippen LogP contribution in [0, 0.1) is 13.8 Å². The molecule has 0 saturated carbocycles. The summed E-state index contributed by atoms with van der Waals surface area (Å²) >= 11 is 0. The summed E-state index contributed by atoms with van der Waals surface area (Å²) in [6, 6.07) is 13.1. The quantitative estimate of drug-likeness (QED) is 0.675. The molecule has 1 N–H and O–H groups in total. The van der Waals surface area contributed by atoms with Crippen LogP contribution in [0.15, 0.2) is 47.4 Å². The third kappa shape index (κ3) is 6.08. The number of benzene rings is 2. The van der Waals surface area contributed by atoms with Crippen LogP contribution in [0.25, 0.3) is 0 Å². The smallest absolute Gasteiger partial charge is 0.258 e. The van der Waals surface area contributed by atoms with Gasteiger partial charge in [-0.15, -0.1) is 0 Å². The number of nitrogens with zero attached hydrogens (tertiary/aromatic N) is 1. The normalized spacial score (nSPS) is 15.6. The molecular weight excluding hydrogens is 412 g/mol. The van der Waals surface area contributed by atoms with Gasteiger partial charge in [0.05, 0.1) is 4.90 Å². The molecule has 6 nitrogen and oxygen atoms in total. The summed E-state index contributed by atoms with van der Waals surface area (Å²) in [5, 5.41) is 2.97. The minimum atomic E-state index is -3.52. The molecule has 168 valence electrons. The van der Waals surface area contributed by atoms with Crippen LogP contribution in [0.3, 0.4) is 0 Å². The number of amides is 1. The Labute approximate surface area is 185 Å². The number of sulfonamides is 1. The molecule has 31 heavy (non-hydrogen) atoms. The zero-order chi connectivity index (χ0) is 22.4. The van der Waals surface area contributed by atoms with Crippen LogP contribution in [0.5, 0.6) is 5.75 Å². The maximum Gasteiger partial charge on any atom is 0.258 e. The van der Waals surface area contributed by atoms with Crippen LogP contribution in [0.4, 0.5) is 0 Å². The molecule has 0 radical (unpaired) electrons. The monoisotopic (exact) mass is 444 g/mol. The molecule has 2 aromatic rings. The van der Waals surface area contributed by atoms with Crippen molar-refractivity contribution in [3.63, 3.8) is 0 Å². The van der Waals surface area contributed by atoms with E-state index >= 15 is 0 Å². The highest BCUT2D eigenvalue weighted by atomic mass is 32.2. The van der Waals surface area contributed by atoms with E-state index in [0.29, 0.717) is 36.6 Å². The summed E-state index contributed by atoms with van der Waals surface area (Å²) in [5.74, 6) is 0.484. The van der Waals surface area contributed by atoms with Gasteiger partial charge in [-0.05, 0) is 62.4 Å².